The average Bonchev–Trinajstić information content (AvgIpc) is 2.38. The molecule has 0 aliphatic heterocycles. The van der Waals surface area contributed by atoms with Crippen molar-refractivity contribution in [2.24, 2.45) is 11.3 Å². The second-order valence-corrected chi connectivity index (χ2v) is 7.75. The molecule has 0 bridgehead atoms. The molecule has 1 rings (SSSR count). The Morgan fingerprint density at radius 2 is 1.95 bits per heavy atom. The number of carbonyl (C=O) groups is 2. The Morgan fingerprint density at radius 3 is 2.55 bits per heavy atom. The van der Waals surface area contributed by atoms with E-state index in [9.17, 15) is 9.59 Å². The number of hydrogen-bond acceptors (Lipinski definition) is 3. The van der Waals surface area contributed by atoms with Crippen molar-refractivity contribution in [1.29, 1.82) is 0 Å². The number of carbonyl (C=O) groups excluding carboxylic acids is 2. The Hall–Kier alpha value is -1.12. The van der Waals surface area contributed by atoms with E-state index in [0.717, 1.165) is 25.7 Å². The highest BCUT2D eigenvalue weighted by Gasteiger charge is 2.40. The van der Waals surface area contributed by atoms with Crippen LogP contribution in [0.2, 0.25) is 0 Å². The van der Waals surface area contributed by atoms with E-state index in [0.29, 0.717) is 25.0 Å². The number of allylic oxidation sites excluding steroid dienone is 1. The lowest BCUT2D eigenvalue weighted by Crippen LogP contribution is -2.37. The number of esters is 1. The van der Waals surface area contributed by atoms with E-state index in [2.05, 4.69) is 6.58 Å². The van der Waals surface area contributed by atoms with Gasteiger partial charge in [-0.1, -0.05) is 32.3 Å². The molecule has 1 saturated carbocycles. The Kier molecular flexibility index (Phi) is 6.83. The predicted octanol–water partition coefficient (Wildman–Crippen LogP) is 4.84. The van der Waals surface area contributed by atoms with E-state index in [-0.39, 0.29) is 11.9 Å². The molecule has 1 fully saturated rings. The zero-order valence-corrected chi connectivity index (χ0v) is 14.7. The number of ether oxygens (including phenoxy) is 1. The maximum atomic E-state index is 12.7. The standard InChI is InChI=1S/C19H32O3/c1-6-12-19(13-10-8-7-9-11-16(19)20)14-15(2)17(21)22-18(3,4)5/h6,15H,1,7-14H2,2-5H3. The van der Waals surface area contributed by atoms with Gasteiger partial charge in [0.15, 0.2) is 0 Å². The first-order valence-electron chi connectivity index (χ1n) is 8.57. The molecular formula is C19H32O3. The zero-order chi connectivity index (χ0) is 16.8. The lowest BCUT2D eigenvalue weighted by Gasteiger charge is -2.35. The van der Waals surface area contributed by atoms with Crippen LogP contribution in [0.3, 0.4) is 0 Å². The van der Waals surface area contributed by atoms with Crippen LogP contribution in [0.5, 0.6) is 0 Å². The molecule has 0 heterocycles. The fourth-order valence-corrected chi connectivity index (χ4v) is 3.37. The highest BCUT2D eigenvalue weighted by Crippen LogP contribution is 2.41. The average molecular weight is 308 g/mol. The van der Waals surface area contributed by atoms with Crippen molar-refractivity contribution in [1.82, 2.24) is 0 Å². The van der Waals surface area contributed by atoms with Crippen LogP contribution >= 0.6 is 0 Å². The minimum absolute atomic E-state index is 0.203. The molecule has 0 radical (unpaired) electrons. The van der Waals surface area contributed by atoms with Crippen molar-refractivity contribution in [3.63, 3.8) is 0 Å². The largest absolute Gasteiger partial charge is 0.460 e. The second-order valence-electron chi connectivity index (χ2n) is 7.75. The van der Waals surface area contributed by atoms with Crippen molar-refractivity contribution in [2.75, 3.05) is 0 Å². The van der Waals surface area contributed by atoms with Gasteiger partial charge in [0.25, 0.3) is 0 Å². The lowest BCUT2D eigenvalue weighted by molar-refractivity contribution is -0.161. The Bertz CT molecular complexity index is 405. The summed E-state index contributed by atoms with van der Waals surface area (Å²) >= 11 is 0. The van der Waals surface area contributed by atoms with Gasteiger partial charge < -0.3 is 4.74 Å². The molecule has 3 heteroatoms. The summed E-state index contributed by atoms with van der Waals surface area (Å²) in [5, 5.41) is 0. The van der Waals surface area contributed by atoms with Crippen LogP contribution in [0.15, 0.2) is 12.7 Å². The van der Waals surface area contributed by atoms with Crippen LogP contribution in [0.1, 0.15) is 79.1 Å². The summed E-state index contributed by atoms with van der Waals surface area (Å²) in [5.41, 5.74) is -0.902. The van der Waals surface area contributed by atoms with Gasteiger partial charge in [0, 0.05) is 11.8 Å². The molecule has 0 aromatic heterocycles. The fourth-order valence-electron chi connectivity index (χ4n) is 3.37. The van der Waals surface area contributed by atoms with Gasteiger partial charge >= 0.3 is 5.97 Å². The van der Waals surface area contributed by atoms with Crippen molar-refractivity contribution >= 4 is 11.8 Å². The molecule has 22 heavy (non-hydrogen) atoms. The number of rotatable bonds is 5. The SMILES string of the molecule is C=CCC1(CC(C)C(=O)OC(C)(C)C)CCCCCCC1=O. The van der Waals surface area contributed by atoms with E-state index < -0.39 is 11.0 Å². The Labute approximate surface area is 135 Å². The van der Waals surface area contributed by atoms with E-state index in [1.54, 1.807) is 0 Å². The van der Waals surface area contributed by atoms with Gasteiger partial charge in [0.1, 0.15) is 11.4 Å². The summed E-state index contributed by atoms with van der Waals surface area (Å²) in [6.45, 7) is 11.3. The first-order valence-corrected chi connectivity index (χ1v) is 8.57. The van der Waals surface area contributed by atoms with Gasteiger partial charge in [-0.25, -0.2) is 0 Å². The number of hydrogen-bond donors (Lipinski definition) is 0. The summed E-state index contributed by atoms with van der Waals surface area (Å²) in [4.78, 5) is 25.0. The summed E-state index contributed by atoms with van der Waals surface area (Å²) < 4.78 is 5.48. The summed E-state index contributed by atoms with van der Waals surface area (Å²) in [6, 6.07) is 0. The van der Waals surface area contributed by atoms with Gasteiger partial charge in [-0.2, -0.15) is 0 Å². The Morgan fingerprint density at radius 1 is 1.32 bits per heavy atom. The third kappa shape index (κ3) is 5.58. The van der Waals surface area contributed by atoms with E-state index in [4.69, 9.17) is 4.74 Å². The second kappa shape index (κ2) is 7.94. The summed E-state index contributed by atoms with van der Waals surface area (Å²) in [7, 11) is 0. The quantitative estimate of drug-likeness (QED) is 0.539. The van der Waals surface area contributed by atoms with Crippen LogP contribution in [-0.2, 0) is 14.3 Å². The summed E-state index contributed by atoms with van der Waals surface area (Å²) in [6.07, 6.45) is 8.91. The molecule has 0 amide bonds. The maximum Gasteiger partial charge on any atom is 0.309 e. The summed E-state index contributed by atoms with van der Waals surface area (Å²) in [5.74, 6) is -0.157. The highest BCUT2D eigenvalue weighted by molar-refractivity contribution is 5.86. The fraction of sp³-hybridized carbons (Fsp3) is 0.789. The monoisotopic (exact) mass is 308 g/mol. The van der Waals surface area contributed by atoms with Crippen molar-refractivity contribution in [2.45, 2.75) is 84.7 Å². The van der Waals surface area contributed by atoms with E-state index in [1.165, 1.54) is 6.42 Å². The third-order valence-corrected chi connectivity index (χ3v) is 4.44. The van der Waals surface area contributed by atoms with Crippen LogP contribution < -0.4 is 0 Å². The van der Waals surface area contributed by atoms with Crippen LogP contribution in [0, 0.1) is 11.3 Å². The maximum absolute atomic E-state index is 12.7. The number of ketones is 1. The molecule has 3 nitrogen and oxygen atoms in total. The van der Waals surface area contributed by atoms with Gasteiger partial charge in [-0.15, -0.1) is 6.58 Å². The van der Waals surface area contributed by atoms with Crippen molar-refractivity contribution < 1.29 is 14.3 Å². The first kappa shape index (κ1) is 18.9. The van der Waals surface area contributed by atoms with E-state index in [1.807, 2.05) is 33.8 Å². The van der Waals surface area contributed by atoms with Crippen molar-refractivity contribution in [3.05, 3.63) is 12.7 Å². The number of Topliss-reactive ketones (excluding diaryl/α,β-unsaturated/α-hetero) is 1. The molecule has 1 aliphatic carbocycles. The highest BCUT2D eigenvalue weighted by atomic mass is 16.6. The lowest BCUT2D eigenvalue weighted by atomic mass is 9.68. The van der Waals surface area contributed by atoms with Crippen LogP contribution in [0.25, 0.3) is 0 Å². The van der Waals surface area contributed by atoms with Gasteiger partial charge in [0.2, 0.25) is 0 Å². The molecule has 0 N–H and O–H groups in total. The van der Waals surface area contributed by atoms with Crippen LogP contribution in [0.4, 0.5) is 0 Å². The molecule has 0 aromatic carbocycles. The zero-order valence-electron chi connectivity index (χ0n) is 14.7. The smallest absolute Gasteiger partial charge is 0.309 e. The predicted molar refractivity (Wildman–Crippen MR) is 89.6 cm³/mol. The van der Waals surface area contributed by atoms with Gasteiger partial charge in [-0.3, -0.25) is 9.59 Å². The Balaban J connectivity index is 2.86. The molecular weight excluding hydrogens is 276 g/mol. The minimum Gasteiger partial charge on any atom is -0.460 e. The molecule has 0 saturated heterocycles. The van der Waals surface area contributed by atoms with Crippen molar-refractivity contribution in [3.8, 4) is 0 Å². The minimum atomic E-state index is -0.484. The third-order valence-electron chi connectivity index (χ3n) is 4.44. The molecule has 126 valence electrons. The van der Waals surface area contributed by atoms with Gasteiger partial charge in [0.05, 0.1) is 5.92 Å². The van der Waals surface area contributed by atoms with Gasteiger partial charge in [-0.05, 0) is 46.5 Å². The van der Waals surface area contributed by atoms with E-state index >= 15 is 0 Å². The molecule has 0 spiro atoms. The first-order chi connectivity index (χ1) is 10.2. The topological polar surface area (TPSA) is 43.4 Å². The molecule has 1 aliphatic rings. The molecule has 2 atom stereocenters. The normalized spacial score (nSPS) is 25.0. The van der Waals surface area contributed by atoms with Crippen LogP contribution in [-0.4, -0.2) is 17.4 Å². The molecule has 0 aromatic rings. The molecule has 2 unspecified atom stereocenters.